The van der Waals surface area contributed by atoms with Gasteiger partial charge in [-0.15, -0.1) is 0 Å². The number of amides is 4. The Morgan fingerprint density at radius 3 is 2.50 bits per heavy atom. The standard InChI is InChI=1S/C31H30N4O3/c1-18(2)17-32-29(36)22-13-7-9-15-25(22)35-30(37)26-16-23-21-12-6-8-14-24(21)33-27(23)28(34(26)31(35)38)20-11-5-4-10-19(20)3/h4-15,18,26,28,33H,16-17H2,1-3H3,(H,32,36)/t26-,28+/m0/s1. The van der Waals surface area contributed by atoms with E-state index in [4.69, 9.17) is 0 Å². The number of nitrogens with zero attached hydrogens (tertiary/aromatic N) is 2. The number of aromatic amines is 1. The number of carbonyl (C=O) groups is 3. The minimum absolute atomic E-state index is 0.272. The number of imide groups is 1. The molecular weight excluding hydrogens is 476 g/mol. The summed E-state index contributed by atoms with van der Waals surface area (Å²) in [6.45, 7) is 6.56. The number of para-hydroxylation sites is 2. The summed E-state index contributed by atoms with van der Waals surface area (Å²) in [5, 5.41) is 3.98. The van der Waals surface area contributed by atoms with Crippen LogP contribution in [0.5, 0.6) is 0 Å². The van der Waals surface area contributed by atoms with Crippen molar-refractivity contribution in [3.05, 3.63) is 101 Å². The third kappa shape index (κ3) is 3.69. The van der Waals surface area contributed by atoms with E-state index >= 15 is 0 Å². The van der Waals surface area contributed by atoms with Crippen molar-refractivity contribution in [1.29, 1.82) is 0 Å². The smallest absolute Gasteiger partial charge is 0.332 e. The molecule has 1 aromatic heterocycles. The van der Waals surface area contributed by atoms with E-state index in [0.29, 0.717) is 24.2 Å². The summed E-state index contributed by atoms with van der Waals surface area (Å²) in [6, 6.07) is 21.3. The van der Waals surface area contributed by atoms with Crippen LogP contribution in [-0.4, -0.2) is 40.3 Å². The zero-order valence-corrected chi connectivity index (χ0v) is 21.7. The number of aryl methyl sites for hydroxylation is 1. The van der Waals surface area contributed by atoms with Gasteiger partial charge >= 0.3 is 6.03 Å². The molecule has 192 valence electrons. The Kier molecular flexibility index (Phi) is 5.79. The molecule has 2 atom stereocenters. The highest BCUT2D eigenvalue weighted by Gasteiger charge is 2.53. The minimum atomic E-state index is -0.675. The Bertz CT molecular complexity index is 1590. The van der Waals surface area contributed by atoms with Crippen molar-refractivity contribution >= 4 is 34.4 Å². The van der Waals surface area contributed by atoms with Crippen LogP contribution in [0.4, 0.5) is 10.5 Å². The van der Waals surface area contributed by atoms with E-state index in [9.17, 15) is 14.4 Å². The number of anilines is 1. The number of fused-ring (bicyclic) bond motifs is 4. The maximum atomic E-state index is 14.2. The summed E-state index contributed by atoms with van der Waals surface area (Å²) < 4.78 is 0. The van der Waals surface area contributed by atoms with E-state index in [1.165, 1.54) is 4.90 Å². The number of H-pyrrole nitrogens is 1. The van der Waals surface area contributed by atoms with Gasteiger partial charge in [0, 0.05) is 29.6 Å². The molecule has 3 heterocycles. The lowest BCUT2D eigenvalue weighted by Crippen LogP contribution is -2.44. The maximum absolute atomic E-state index is 14.2. The molecular formula is C31H30N4O3. The third-order valence-corrected chi connectivity index (χ3v) is 7.59. The van der Waals surface area contributed by atoms with Crippen LogP contribution in [0.3, 0.4) is 0 Å². The Hall–Kier alpha value is -4.39. The highest BCUT2D eigenvalue weighted by atomic mass is 16.2. The van der Waals surface area contributed by atoms with Gasteiger partial charge in [-0.3, -0.25) is 14.5 Å². The summed E-state index contributed by atoms with van der Waals surface area (Å²) in [5.41, 5.74) is 5.61. The molecule has 4 aromatic rings. The molecule has 0 aliphatic carbocycles. The average molecular weight is 507 g/mol. The first-order valence-corrected chi connectivity index (χ1v) is 13.0. The maximum Gasteiger partial charge on any atom is 0.332 e. The molecule has 2 aliphatic heterocycles. The van der Waals surface area contributed by atoms with Crippen molar-refractivity contribution in [2.24, 2.45) is 5.92 Å². The van der Waals surface area contributed by atoms with Crippen LogP contribution in [0.15, 0.2) is 72.8 Å². The SMILES string of the molecule is Cc1ccccc1[C@@H]1c2[nH]c3ccccc3c2C[C@H]2C(=O)N(c3ccccc3C(=O)NCC(C)C)C(=O)N12. The number of hydrogen-bond acceptors (Lipinski definition) is 3. The summed E-state index contributed by atoms with van der Waals surface area (Å²) in [6.07, 6.45) is 0.407. The highest BCUT2D eigenvalue weighted by molar-refractivity contribution is 6.24. The normalized spacial score (nSPS) is 18.7. The van der Waals surface area contributed by atoms with E-state index in [2.05, 4.69) is 16.4 Å². The Morgan fingerprint density at radius 2 is 1.71 bits per heavy atom. The van der Waals surface area contributed by atoms with Crippen LogP contribution in [-0.2, 0) is 11.2 Å². The number of carbonyl (C=O) groups excluding carboxylic acids is 3. The number of hydrogen-bond donors (Lipinski definition) is 2. The van der Waals surface area contributed by atoms with Gasteiger partial charge in [0.25, 0.3) is 11.8 Å². The third-order valence-electron chi connectivity index (χ3n) is 7.59. The second kappa shape index (κ2) is 9.17. The predicted molar refractivity (Wildman–Crippen MR) is 147 cm³/mol. The van der Waals surface area contributed by atoms with Crippen molar-refractivity contribution in [2.45, 2.75) is 39.3 Å². The van der Waals surface area contributed by atoms with Gasteiger partial charge in [-0.1, -0.05) is 68.4 Å². The van der Waals surface area contributed by atoms with Crippen molar-refractivity contribution in [3.63, 3.8) is 0 Å². The molecule has 3 aromatic carbocycles. The molecule has 4 amide bonds. The van der Waals surface area contributed by atoms with Gasteiger partial charge in [0.2, 0.25) is 0 Å². The van der Waals surface area contributed by atoms with Gasteiger partial charge in [0.15, 0.2) is 0 Å². The molecule has 7 heteroatoms. The van der Waals surface area contributed by atoms with Crippen molar-refractivity contribution in [3.8, 4) is 0 Å². The molecule has 6 rings (SSSR count). The summed E-state index contributed by atoms with van der Waals surface area (Å²) in [5.74, 6) is -0.339. The number of aromatic nitrogens is 1. The van der Waals surface area contributed by atoms with Crippen molar-refractivity contribution < 1.29 is 14.4 Å². The topological polar surface area (TPSA) is 85.5 Å². The van der Waals surface area contributed by atoms with Gasteiger partial charge in [0.05, 0.1) is 11.3 Å². The van der Waals surface area contributed by atoms with E-state index in [-0.39, 0.29) is 17.7 Å². The van der Waals surface area contributed by atoms with E-state index in [0.717, 1.165) is 33.3 Å². The number of rotatable bonds is 5. The molecule has 1 fully saturated rings. The molecule has 0 unspecified atom stereocenters. The van der Waals surface area contributed by atoms with E-state index in [1.54, 1.807) is 29.2 Å². The summed E-state index contributed by atoms with van der Waals surface area (Å²) in [4.78, 5) is 47.8. The highest BCUT2D eigenvalue weighted by Crippen LogP contribution is 2.45. The second-order valence-electron chi connectivity index (χ2n) is 10.5. The van der Waals surface area contributed by atoms with Gasteiger partial charge in [-0.25, -0.2) is 9.69 Å². The van der Waals surface area contributed by atoms with Gasteiger partial charge in [0.1, 0.15) is 12.1 Å². The van der Waals surface area contributed by atoms with Crippen LogP contribution in [0, 0.1) is 12.8 Å². The molecule has 2 aliphatic rings. The lowest BCUT2D eigenvalue weighted by Gasteiger charge is -2.36. The molecule has 0 spiro atoms. The van der Waals surface area contributed by atoms with Crippen LogP contribution < -0.4 is 10.2 Å². The van der Waals surface area contributed by atoms with Crippen molar-refractivity contribution in [2.75, 3.05) is 11.4 Å². The number of benzene rings is 3. The first-order chi connectivity index (χ1) is 18.4. The fourth-order valence-corrected chi connectivity index (χ4v) is 5.77. The molecule has 1 saturated heterocycles. The lowest BCUT2D eigenvalue weighted by molar-refractivity contribution is -0.120. The van der Waals surface area contributed by atoms with Crippen LogP contribution >= 0.6 is 0 Å². The molecule has 7 nitrogen and oxygen atoms in total. The Morgan fingerprint density at radius 1 is 1.00 bits per heavy atom. The fraction of sp³-hybridized carbons (Fsp3) is 0.258. The lowest BCUT2D eigenvalue weighted by atomic mass is 9.87. The Balaban J connectivity index is 1.48. The van der Waals surface area contributed by atoms with E-state index in [1.807, 2.05) is 63.2 Å². The van der Waals surface area contributed by atoms with Gasteiger partial charge < -0.3 is 10.3 Å². The quantitative estimate of drug-likeness (QED) is 0.358. The molecule has 38 heavy (non-hydrogen) atoms. The fourth-order valence-electron chi connectivity index (χ4n) is 5.77. The minimum Gasteiger partial charge on any atom is -0.356 e. The molecule has 0 bridgehead atoms. The van der Waals surface area contributed by atoms with Crippen LogP contribution in [0.25, 0.3) is 10.9 Å². The van der Waals surface area contributed by atoms with E-state index < -0.39 is 18.1 Å². The summed E-state index contributed by atoms with van der Waals surface area (Å²) in [7, 11) is 0. The monoisotopic (exact) mass is 506 g/mol. The first kappa shape index (κ1) is 24.0. The predicted octanol–water partition coefficient (Wildman–Crippen LogP) is 5.35. The van der Waals surface area contributed by atoms with Crippen LogP contribution in [0.2, 0.25) is 0 Å². The van der Waals surface area contributed by atoms with Crippen molar-refractivity contribution in [1.82, 2.24) is 15.2 Å². The van der Waals surface area contributed by atoms with Gasteiger partial charge in [-0.05, 0) is 47.7 Å². The summed E-state index contributed by atoms with van der Waals surface area (Å²) >= 11 is 0. The first-order valence-electron chi connectivity index (χ1n) is 13.0. The average Bonchev–Trinajstić information content (AvgIpc) is 3.41. The van der Waals surface area contributed by atoms with Crippen LogP contribution in [0.1, 0.15) is 52.6 Å². The molecule has 2 N–H and O–H groups in total. The van der Waals surface area contributed by atoms with Gasteiger partial charge in [-0.2, -0.15) is 0 Å². The largest absolute Gasteiger partial charge is 0.356 e. The number of nitrogens with one attached hydrogen (secondary N) is 2. The molecule has 0 saturated carbocycles. The zero-order valence-electron chi connectivity index (χ0n) is 21.7. The Labute approximate surface area is 221 Å². The number of urea groups is 1. The second-order valence-corrected chi connectivity index (χ2v) is 10.5. The molecule has 0 radical (unpaired) electrons. The zero-order chi connectivity index (χ0) is 26.6.